The Labute approximate surface area is 203 Å². The number of ether oxygens (including phenoxy) is 3. The predicted octanol–water partition coefficient (Wildman–Crippen LogP) is 4.75. The van der Waals surface area contributed by atoms with Gasteiger partial charge in [0.05, 0.1) is 37.5 Å². The lowest BCUT2D eigenvalue weighted by Crippen LogP contribution is -2.22. The second-order valence-corrected chi connectivity index (χ2v) is 10.0. The third-order valence-electron chi connectivity index (χ3n) is 5.22. The molecule has 0 aliphatic carbocycles. The maximum atomic E-state index is 13.7. The predicted molar refractivity (Wildman–Crippen MR) is 133 cm³/mol. The van der Waals surface area contributed by atoms with Gasteiger partial charge in [-0.15, -0.1) is 0 Å². The Bertz CT molecular complexity index is 1420. The normalized spacial score (nSPS) is 14.2. The summed E-state index contributed by atoms with van der Waals surface area (Å²) in [6.07, 6.45) is -0.323. The highest BCUT2D eigenvalue weighted by Gasteiger charge is 2.22. The Morgan fingerprint density at radius 3 is 2.64 bits per heavy atom. The number of aromatic nitrogens is 3. The largest absolute Gasteiger partial charge is 0.497 e. The smallest absolute Gasteiger partial charge is 0.278 e. The van der Waals surface area contributed by atoms with Gasteiger partial charge in [0, 0.05) is 6.07 Å². The van der Waals surface area contributed by atoms with Gasteiger partial charge in [-0.2, -0.15) is 0 Å². The molecule has 2 aromatic heterocycles. The summed E-state index contributed by atoms with van der Waals surface area (Å²) in [5.74, 6) is 1.22. The Kier molecular flexibility index (Phi) is 6.35. The Balaban J connectivity index is 1.70. The van der Waals surface area contributed by atoms with Gasteiger partial charge < -0.3 is 14.2 Å². The summed E-state index contributed by atoms with van der Waals surface area (Å²) in [5.41, 5.74) is 3.04. The molecule has 4 aromatic rings. The summed E-state index contributed by atoms with van der Waals surface area (Å²) in [7, 11) is 1.62. The first-order valence-corrected chi connectivity index (χ1v) is 12.5. The highest BCUT2D eigenvalue weighted by Crippen LogP contribution is 2.29. The van der Waals surface area contributed by atoms with E-state index in [4.69, 9.17) is 31.4 Å². The maximum Gasteiger partial charge on any atom is 0.278 e. The third kappa shape index (κ3) is 4.36. The fourth-order valence-corrected chi connectivity index (χ4v) is 5.83. The molecule has 0 bridgehead atoms. The number of benzene rings is 2. The van der Waals surface area contributed by atoms with Crippen LogP contribution in [0.25, 0.3) is 21.7 Å². The molecule has 0 unspecified atom stereocenters. The Morgan fingerprint density at radius 2 is 1.91 bits per heavy atom. The van der Waals surface area contributed by atoms with E-state index in [1.54, 1.807) is 11.7 Å². The zero-order chi connectivity index (χ0) is 22.9. The summed E-state index contributed by atoms with van der Waals surface area (Å²) < 4.78 is 21.1. The van der Waals surface area contributed by atoms with E-state index in [0.29, 0.717) is 44.2 Å². The molecule has 3 heterocycles. The number of hydrogen-bond donors (Lipinski definition) is 0. The van der Waals surface area contributed by atoms with Crippen LogP contribution in [0.3, 0.4) is 0 Å². The van der Waals surface area contributed by atoms with Crippen LogP contribution in [0.4, 0.5) is 0 Å². The number of methoxy groups -OCH3 is 1. The average Bonchev–Trinajstić information content (AvgIpc) is 3.46. The van der Waals surface area contributed by atoms with Crippen LogP contribution in [0.15, 0.2) is 58.5 Å². The number of rotatable bonds is 6. The van der Waals surface area contributed by atoms with Crippen LogP contribution in [0.2, 0.25) is 0 Å². The molecule has 0 amide bonds. The second kappa shape index (κ2) is 9.40. The molecule has 1 aliphatic rings. The molecule has 2 aromatic carbocycles. The highest BCUT2D eigenvalue weighted by atomic mass is 32.2. The fraction of sp³-hybridized carbons (Fsp3) is 0.261. The molecule has 1 aliphatic heterocycles. The van der Waals surface area contributed by atoms with E-state index in [0.717, 1.165) is 16.9 Å². The van der Waals surface area contributed by atoms with Gasteiger partial charge in [0.1, 0.15) is 10.4 Å². The van der Waals surface area contributed by atoms with Crippen molar-refractivity contribution in [1.82, 2.24) is 14.1 Å². The molecule has 10 heteroatoms. The van der Waals surface area contributed by atoms with Crippen LogP contribution in [0.5, 0.6) is 5.75 Å². The Morgan fingerprint density at radius 1 is 1.15 bits per heavy atom. The molecule has 170 valence electrons. The van der Waals surface area contributed by atoms with Gasteiger partial charge >= 0.3 is 0 Å². The quantitative estimate of drug-likeness (QED) is 0.215. The average molecular weight is 500 g/mol. The molecule has 7 nitrogen and oxygen atoms in total. The van der Waals surface area contributed by atoms with Gasteiger partial charge in [0.15, 0.2) is 21.0 Å². The molecule has 1 fully saturated rings. The standard InChI is InChI=1S/C23H21N3O4S3/c1-14-6-8-15(9-7-14)26-21(27)19-20(24-22(26)32-13-18-29-10-11-30-18)25(23(31)33-19)16-4-3-5-17(12-16)28-2/h3-9,12,18H,10-11,13H2,1-2H3. The van der Waals surface area contributed by atoms with Crippen molar-refractivity contribution in [3.05, 3.63) is 68.4 Å². The molecule has 0 spiro atoms. The molecular formula is C23H21N3O4S3. The third-order valence-corrected chi connectivity index (χ3v) is 7.54. The van der Waals surface area contributed by atoms with E-state index in [1.165, 1.54) is 23.1 Å². The number of thioether (sulfide) groups is 1. The van der Waals surface area contributed by atoms with E-state index >= 15 is 0 Å². The van der Waals surface area contributed by atoms with E-state index in [1.807, 2.05) is 60.0 Å². The first-order chi connectivity index (χ1) is 16.0. The van der Waals surface area contributed by atoms with E-state index < -0.39 is 0 Å². The topological polar surface area (TPSA) is 67.5 Å². The minimum Gasteiger partial charge on any atom is -0.497 e. The maximum absolute atomic E-state index is 13.7. The van der Waals surface area contributed by atoms with Crippen LogP contribution in [0, 0.1) is 10.9 Å². The summed E-state index contributed by atoms with van der Waals surface area (Å²) in [6, 6.07) is 15.4. The number of nitrogens with zero attached hydrogens (tertiary/aromatic N) is 3. The zero-order valence-corrected chi connectivity index (χ0v) is 20.5. The van der Waals surface area contributed by atoms with Crippen molar-refractivity contribution in [3.63, 3.8) is 0 Å². The van der Waals surface area contributed by atoms with Crippen molar-refractivity contribution in [2.45, 2.75) is 18.4 Å². The summed E-state index contributed by atoms with van der Waals surface area (Å²) >= 11 is 8.34. The van der Waals surface area contributed by atoms with Gasteiger partial charge in [-0.25, -0.2) is 4.98 Å². The van der Waals surface area contributed by atoms with Gasteiger partial charge in [0.2, 0.25) is 0 Å². The number of hydrogen-bond acceptors (Lipinski definition) is 8. The summed E-state index contributed by atoms with van der Waals surface area (Å²) in [6.45, 7) is 3.16. The van der Waals surface area contributed by atoms with Crippen molar-refractivity contribution in [1.29, 1.82) is 0 Å². The molecule has 0 atom stereocenters. The monoisotopic (exact) mass is 499 g/mol. The summed E-state index contributed by atoms with van der Waals surface area (Å²) in [5, 5.41) is 0.555. The second-order valence-electron chi connectivity index (χ2n) is 7.41. The van der Waals surface area contributed by atoms with Crippen molar-refractivity contribution in [3.8, 4) is 17.1 Å². The number of fused-ring (bicyclic) bond motifs is 1. The van der Waals surface area contributed by atoms with Crippen LogP contribution in [-0.2, 0) is 9.47 Å². The SMILES string of the molecule is COc1cccc(-n2c(=S)sc3c(=O)n(-c4ccc(C)cc4)c(SCC4OCCO4)nc32)c1. The van der Waals surface area contributed by atoms with Gasteiger partial charge in [-0.05, 0) is 43.4 Å². The molecule has 33 heavy (non-hydrogen) atoms. The molecule has 5 rings (SSSR count). The first kappa shape index (κ1) is 22.3. The van der Waals surface area contributed by atoms with Gasteiger partial charge in [0.25, 0.3) is 5.56 Å². The first-order valence-electron chi connectivity index (χ1n) is 10.3. The molecular weight excluding hydrogens is 478 g/mol. The lowest BCUT2D eigenvalue weighted by Gasteiger charge is -2.14. The minimum atomic E-state index is -0.323. The molecule has 0 radical (unpaired) electrons. The van der Waals surface area contributed by atoms with Crippen molar-refractivity contribution in [2.75, 3.05) is 26.1 Å². The lowest BCUT2D eigenvalue weighted by molar-refractivity contribution is -0.0215. The minimum absolute atomic E-state index is 0.155. The van der Waals surface area contributed by atoms with Crippen LogP contribution in [0.1, 0.15) is 5.56 Å². The molecule has 0 saturated carbocycles. The zero-order valence-electron chi connectivity index (χ0n) is 18.0. The molecule has 0 N–H and O–H groups in total. The van der Waals surface area contributed by atoms with Gasteiger partial charge in [-0.1, -0.05) is 46.9 Å². The lowest BCUT2D eigenvalue weighted by atomic mass is 10.2. The van der Waals surface area contributed by atoms with Crippen molar-refractivity contribution >= 4 is 45.7 Å². The van der Waals surface area contributed by atoms with Gasteiger partial charge in [-0.3, -0.25) is 13.9 Å². The highest BCUT2D eigenvalue weighted by molar-refractivity contribution is 7.99. The fourth-order valence-electron chi connectivity index (χ4n) is 3.58. The molecule has 1 saturated heterocycles. The van der Waals surface area contributed by atoms with Crippen molar-refractivity contribution in [2.24, 2.45) is 0 Å². The van der Waals surface area contributed by atoms with E-state index in [2.05, 4.69) is 0 Å². The van der Waals surface area contributed by atoms with E-state index in [-0.39, 0.29) is 11.8 Å². The number of aryl methyl sites for hydroxylation is 1. The van der Waals surface area contributed by atoms with Crippen LogP contribution >= 0.6 is 35.3 Å². The Hall–Kier alpha value is -2.50. The van der Waals surface area contributed by atoms with Crippen molar-refractivity contribution < 1.29 is 14.2 Å². The van der Waals surface area contributed by atoms with Crippen LogP contribution in [-0.4, -0.2) is 46.5 Å². The van der Waals surface area contributed by atoms with Crippen LogP contribution < -0.4 is 10.3 Å². The summed E-state index contributed by atoms with van der Waals surface area (Å²) in [4.78, 5) is 18.7. The number of thiazole rings is 1. The van der Waals surface area contributed by atoms with E-state index in [9.17, 15) is 4.79 Å².